The van der Waals surface area contributed by atoms with E-state index in [-0.39, 0.29) is 5.78 Å². The predicted octanol–water partition coefficient (Wildman–Crippen LogP) is 3.44. The summed E-state index contributed by atoms with van der Waals surface area (Å²) in [6.07, 6.45) is 5.06. The minimum Gasteiger partial charge on any atom is -0.293 e. The lowest BCUT2D eigenvalue weighted by molar-refractivity contribution is 0.0901. The summed E-state index contributed by atoms with van der Waals surface area (Å²) >= 11 is 0. The lowest BCUT2D eigenvalue weighted by atomic mass is 10.1. The summed E-state index contributed by atoms with van der Waals surface area (Å²) < 4.78 is 0. The molecule has 1 aliphatic rings. The van der Waals surface area contributed by atoms with E-state index < -0.39 is 0 Å². The molecule has 0 spiro atoms. The first-order chi connectivity index (χ1) is 8.66. The van der Waals surface area contributed by atoms with Crippen LogP contribution in [0.15, 0.2) is 24.3 Å². The summed E-state index contributed by atoms with van der Waals surface area (Å²) in [5.41, 5.74) is 2.05. The van der Waals surface area contributed by atoms with Crippen LogP contribution < -0.4 is 0 Å². The Hall–Kier alpha value is -1.15. The van der Waals surface area contributed by atoms with Gasteiger partial charge >= 0.3 is 0 Å². The number of Topliss-reactive ketones (excluding diaryl/α,β-unsaturated/α-hetero) is 1. The molecule has 18 heavy (non-hydrogen) atoms. The molecule has 1 fully saturated rings. The highest BCUT2D eigenvalue weighted by atomic mass is 16.1. The molecule has 0 saturated carbocycles. The maximum Gasteiger partial charge on any atom is 0.176 e. The lowest BCUT2D eigenvalue weighted by Gasteiger charge is -2.26. The minimum atomic E-state index is 0.253. The summed E-state index contributed by atoms with van der Waals surface area (Å²) in [6.45, 7) is 5.93. The van der Waals surface area contributed by atoms with Crippen LogP contribution in [0.25, 0.3) is 0 Å². The third kappa shape index (κ3) is 3.42. The van der Waals surface area contributed by atoms with E-state index in [0.717, 1.165) is 12.1 Å². The van der Waals surface area contributed by atoms with Gasteiger partial charge in [0.1, 0.15) is 0 Å². The highest BCUT2D eigenvalue weighted by Crippen LogP contribution is 2.17. The van der Waals surface area contributed by atoms with Crippen LogP contribution in [0.3, 0.4) is 0 Å². The van der Waals surface area contributed by atoms with Crippen molar-refractivity contribution in [2.75, 3.05) is 13.1 Å². The Labute approximate surface area is 110 Å². The number of ketones is 1. The number of nitrogens with zero attached hydrogens (tertiary/aromatic N) is 1. The van der Waals surface area contributed by atoms with Crippen LogP contribution in [0.5, 0.6) is 0 Å². The molecule has 1 atom stereocenters. The fraction of sp³-hybridized carbons (Fsp3) is 0.562. The molecule has 98 valence electrons. The molecule has 2 heteroatoms. The zero-order valence-corrected chi connectivity index (χ0v) is 11.5. The monoisotopic (exact) mass is 245 g/mol. The number of carbonyl (C=O) groups excluding carboxylic acids is 1. The number of benzene rings is 1. The van der Waals surface area contributed by atoms with E-state index in [4.69, 9.17) is 0 Å². The van der Waals surface area contributed by atoms with Crippen molar-refractivity contribution in [1.82, 2.24) is 4.90 Å². The zero-order chi connectivity index (χ0) is 13.0. The van der Waals surface area contributed by atoms with Crippen LogP contribution in [0.1, 0.15) is 48.5 Å². The molecule has 2 nitrogen and oxygen atoms in total. The predicted molar refractivity (Wildman–Crippen MR) is 75.0 cm³/mol. The van der Waals surface area contributed by atoms with Gasteiger partial charge < -0.3 is 0 Å². The highest BCUT2D eigenvalue weighted by Gasteiger charge is 2.19. The van der Waals surface area contributed by atoms with Gasteiger partial charge in [-0.3, -0.25) is 9.69 Å². The highest BCUT2D eigenvalue weighted by molar-refractivity contribution is 5.97. The van der Waals surface area contributed by atoms with Crippen LogP contribution in [0.4, 0.5) is 0 Å². The van der Waals surface area contributed by atoms with Gasteiger partial charge in [0.15, 0.2) is 5.78 Å². The normalized spacial score (nSPS) is 21.6. The summed E-state index contributed by atoms with van der Waals surface area (Å²) in [5, 5.41) is 0. The average molecular weight is 245 g/mol. The molecular formula is C16H23NO. The summed E-state index contributed by atoms with van der Waals surface area (Å²) in [5.74, 6) is 0.253. The molecule has 0 radical (unpaired) electrons. The lowest BCUT2D eigenvalue weighted by Crippen LogP contribution is -2.37. The molecule has 1 aliphatic heterocycles. The van der Waals surface area contributed by atoms with Gasteiger partial charge in [-0.15, -0.1) is 0 Å². The van der Waals surface area contributed by atoms with Crippen molar-refractivity contribution in [2.24, 2.45) is 0 Å². The Balaban J connectivity index is 1.99. The van der Waals surface area contributed by atoms with Crippen LogP contribution in [0, 0.1) is 6.92 Å². The molecule has 1 saturated heterocycles. The summed E-state index contributed by atoms with van der Waals surface area (Å²) in [4.78, 5) is 14.6. The van der Waals surface area contributed by atoms with Crippen molar-refractivity contribution in [3.05, 3.63) is 35.4 Å². The molecule has 0 bridgehead atoms. The molecule has 1 unspecified atom stereocenters. The van der Waals surface area contributed by atoms with Gasteiger partial charge in [0.05, 0.1) is 6.54 Å². The standard InChI is InChI=1S/C16H23NO/c1-13-7-9-15(10-8-13)16(18)12-17-11-5-3-4-6-14(17)2/h7-10,14H,3-6,11-12H2,1-2H3. The van der Waals surface area contributed by atoms with Gasteiger partial charge in [0.2, 0.25) is 0 Å². The first-order valence-corrected chi connectivity index (χ1v) is 7.01. The second-order valence-electron chi connectivity index (χ2n) is 5.46. The van der Waals surface area contributed by atoms with Crippen molar-refractivity contribution < 1.29 is 4.79 Å². The smallest absolute Gasteiger partial charge is 0.176 e. The Bertz CT molecular complexity index is 396. The first kappa shape index (κ1) is 13.3. The summed E-state index contributed by atoms with van der Waals surface area (Å²) in [6, 6.07) is 8.46. The Morgan fingerprint density at radius 1 is 1.22 bits per heavy atom. The minimum absolute atomic E-state index is 0.253. The van der Waals surface area contributed by atoms with E-state index in [1.807, 2.05) is 31.2 Å². The molecular weight excluding hydrogens is 222 g/mol. The van der Waals surface area contributed by atoms with Gasteiger partial charge in [0, 0.05) is 11.6 Å². The van der Waals surface area contributed by atoms with Crippen LogP contribution >= 0.6 is 0 Å². The average Bonchev–Trinajstić information content (AvgIpc) is 2.56. The van der Waals surface area contributed by atoms with E-state index >= 15 is 0 Å². The summed E-state index contributed by atoms with van der Waals surface area (Å²) in [7, 11) is 0. The molecule has 1 aromatic carbocycles. The van der Waals surface area contributed by atoms with Crippen molar-refractivity contribution >= 4 is 5.78 Å². The van der Waals surface area contributed by atoms with Crippen molar-refractivity contribution in [3.8, 4) is 0 Å². The molecule has 1 heterocycles. The van der Waals surface area contributed by atoms with Crippen LogP contribution in [-0.4, -0.2) is 29.8 Å². The van der Waals surface area contributed by atoms with Gasteiger partial charge in [-0.05, 0) is 33.2 Å². The fourth-order valence-corrected chi connectivity index (χ4v) is 2.58. The molecule has 0 aliphatic carbocycles. The number of carbonyl (C=O) groups is 1. The van der Waals surface area contributed by atoms with Crippen LogP contribution in [-0.2, 0) is 0 Å². The number of rotatable bonds is 3. The fourth-order valence-electron chi connectivity index (χ4n) is 2.58. The Morgan fingerprint density at radius 3 is 2.67 bits per heavy atom. The molecule has 0 amide bonds. The largest absolute Gasteiger partial charge is 0.293 e. The zero-order valence-electron chi connectivity index (χ0n) is 11.5. The van der Waals surface area contributed by atoms with Gasteiger partial charge in [-0.2, -0.15) is 0 Å². The molecule has 0 N–H and O–H groups in total. The van der Waals surface area contributed by atoms with Crippen molar-refractivity contribution in [2.45, 2.75) is 45.6 Å². The molecule has 2 rings (SSSR count). The van der Waals surface area contributed by atoms with Gasteiger partial charge in [0.25, 0.3) is 0 Å². The SMILES string of the molecule is Cc1ccc(C(=O)CN2CCCCCC2C)cc1. The first-order valence-electron chi connectivity index (χ1n) is 7.01. The molecule has 0 aromatic heterocycles. The van der Waals surface area contributed by atoms with E-state index in [9.17, 15) is 4.79 Å². The second kappa shape index (κ2) is 6.14. The second-order valence-corrected chi connectivity index (χ2v) is 5.46. The van der Waals surface area contributed by atoms with Gasteiger partial charge in [-0.25, -0.2) is 0 Å². The topological polar surface area (TPSA) is 20.3 Å². The van der Waals surface area contributed by atoms with E-state index in [2.05, 4.69) is 11.8 Å². The van der Waals surface area contributed by atoms with Crippen molar-refractivity contribution in [3.63, 3.8) is 0 Å². The van der Waals surface area contributed by atoms with E-state index in [0.29, 0.717) is 12.6 Å². The number of hydrogen-bond donors (Lipinski definition) is 0. The maximum atomic E-state index is 12.2. The molecule has 1 aromatic rings. The number of hydrogen-bond acceptors (Lipinski definition) is 2. The van der Waals surface area contributed by atoms with E-state index in [1.165, 1.54) is 31.2 Å². The van der Waals surface area contributed by atoms with Crippen molar-refractivity contribution in [1.29, 1.82) is 0 Å². The third-order valence-corrected chi connectivity index (χ3v) is 3.91. The Morgan fingerprint density at radius 2 is 1.94 bits per heavy atom. The maximum absolute atomic E-state index is 12.2. The van der Waals surface area contributed by atoms with Crippen LogP contribution in [0.2, 0.25) is 0 Å². The number of likely N-dealkylation sites (tertiary alicyclic amines) is 1. The van der Waals surface area contributed by atoms with E-state index in [1.54, 1.807) is 0 Å². The van der Waals surface area contributed by atoms with Gasteiger partial charge in [-0.1, -0.05) is 42.7 Å². The Kier molecular flexibility index (Phi) is 4.54. The number of aryl methyl sites for hydroxylation is 1. The quantitative estimate of drug-likeness (QED) is 0.760. The third-order valence-electron chi connectivity index (χ3n) is 3.91.